The Labute approximate surface area is 371 Å². The second-order valence-electron chi connectivity index (χ2n) is 17.2. The fourth-order valence-electron chi connectivity index (χ4n) is 8.00. The van der Waals surface area contributed by atoms with Gasteiger partial charge in [0.2, 0.25) is 0 Å². The molecule has 334 valence electrons. The zero-order valence-corrected chi connectivity index (χ0v) is 37.7. The Morgan fingerprint density at radius 1 is 0.484 bits per heavy atom. The lowest BCUT2D eigenvalue weighted by atomic mass is 9.72. The third-order valence-corrected chi connectivity index (χ3v) is 11.2. The van der Waals surface area contributed by atoms with Crippen LogP contribution in [0.25, 0.3) is 0 Å². The van der Waals surface area contributed by atoms with Gasteiger partial charge in [0, 0.05) is 51.1 Å². The van der Waals surface area contributed by atoms with E-state index >= 15 is 0 Å². The number of guanidine groups is 4. The van der Waals surface area contributed by atoms with Gasteiger partial charge < -0.3 is 33.6 Å². The van der Waals surface area contributed by atoms with E-state index in [2.05, 4.69) is 166 Å². The van der Waals surface area contributed by atoms with Crippen molar-refractivity contribution in [2.45, 2.75) is 78.1 Å². The minimum atomic E-state index is 0.122. The monoisotopic (exact) mass is 843 g/mol. The average Bonchev–Trinajstić information content (AvgIpc) is 3.27. The summed E-state index contributed by atoms with van der Waals surface area (Å²) in [6.07, 6.45) is 5.56. The molecule has 1 atom stereocenters. The molecule has 0 saturated heterocycles. The van der Waals surface area contributed by atoms with E-state index in [1.54, 1.807) is 0 Å². The summed E-state index contributed by atoms with van der Waals surface area (Å²) in [7, 11) is 0. The number of hydrogen-bond donors (Lipinski definition) is 8. The van der Waals surface area contributed by atoms with Gasteiger partial charge in [0.05, 0.1) is 0 Å². The first-order valence-electron chi connectivity index (χ1n) is 22.3. The molecule has 1 unspecified atom stereocenters. The van der Waals surface area contributed by atoms with E-state index < -0.39 is 0 Å². The van der Waals surface area contributed by atoms with Crippen molar-refractivity contribution < 1.29 is 0 Å². The van der Waals surface area contributed by atoms with Gasteiger partial charge in [-0.1, -0.05) is 149 Å². The summed E-state index contributed by atoms with van der Waals surface area (Å²) in [4.78, 5) is 18.0. The lowest BCUT2D eigenvalue weighted by molar-refractivity contribution is 0.161. The first-order chi connectivity index (χ1) is 30.0. The Hall–Kier alpha value is -5.72. The van der Waals surface area contributed by atoms with Gasteiger partial charge in [-0.2, -0.15) is 0 Å². The molecule has 0 amide bonds. The highest BCUT2D eigenvalue weighted by atomic mass is 15.2. The van der Waals surface area contributed by atoms with Crippen molar-refractivity contribution in [2.75, 3.05) is 52.4 Å². The zero-order chi connectivity index (χ0) is 44.5. The lowest BCUT2D eigenvalue weighted by Crippen LogP contribution is -2.42. The van der Waals surface area contributed by atoms with Crippen molar-refractivity contribution in [1.82, 2.24) is 21.3 Å². The van der Waals surface area contributed by atoms with Gasteiger partial charge in [0.15, 0.2) is 23.8 Å². The van der Waals surface area contributed by atoms with Gasteiger partial charge in [-0.3, -0.25) is 30.6 Å². The molecule has 0 aliphatic carbocycles. The minimum Gasteiger partial charge on any atom is -0.370 e. The number of benzene rings is 4. The zero-order valence-electron chi connectivity index (χ0n) is 37.7. The number of hydrogen-bond acceptors (Lipinski definition) is 6. The number of nitrogens with two attached hydrogens (primary N) is 4. The summed E-state index contributed by atoms with van der Waals surface area (Å²) in [5, 5.41) is 13.2. The summed E-state index contributed by atoms with van der Waals surface area (Å²) in [5.41, 5.74) is 29.9. The van der Waals surface area contributed by atoms with E-state index in [4.69, 9.17) is 22.9 Å². The van der Waals surface area contributed by atoms with Crippen LogP contribution < -0.4 is 44.2 Å². The molecule has 0 saturated carbocycles. The number of rotatable bonds is 25. The first-order valence-corrected chi connectivity index (χ1v) is 22.3. The molecule has 0 fully saturated rings. The normalized spacial score (nSPS) is 14.0. The lowest BCUT2D eigenvalue weighted by Gasteiger charge is -2.37. The summed E-state index contributed by atoms with van der Waals surface area (Å²) in [5.74, 6) is 1.59. The number of nitrogens with one attached hydrogen (secondary N) is 4. The minimum absolute atomic E-state index is 0.122. The van der Waals surface area contributed by atoms with Gasteiger partial charge in [0.1, 0.15) is 0 Å². The fourth-order valence-corrected chi connectivity index (χ4v) is 8.00. The largest absolute Gasteiger partial charge is 0.370 e. The molecule has 4 aromatic carbocycles. The van der Waals surface area contributed by atoms with Crippen molar-refractivity contribution in [3.8, 4) is 0 Å². The van der Waals surface area contributed by atoms with E-state index in [9.17, 15) is 0 Å². The molecule has 0 heterocycles. The van der Waals surface area contributed by atoms with Crippen molar-refractivity contribution in [3.05, 3.63) is 144 Å². The van der Waals surface area contributed by atoms with Crippen LogP contribution in [0.3, 0.4) is 0 Å². The highest BCUT2D eigenvalue weighted by molar-refractivity contribution is 5.97. The van der Waals surface area contributed by atoms with Crippen LogP contribution in [0.5, 0.6) is 0 Å². The van der Waals surface area contributed by atoms with Gasteiger partial charge in [0.25, 0.3) is 0 Å². The SMILES string of the molecule is CCC(C)(CNCCCN=C(N)NC(N)=NCCC(c1ccccc1)c1ccccc1)CC(C)(C)CNCCCN=C(N)NC(N)=NCCC(c1ccccc1)c1ccccc1. The molecule has 0 aliphatic heterocycles. The smallest absolute Gasteiger partial charge is 0.195 e. The first kappa shape index (κ1) is 48.9. The molecule has 0 bridgehead atoms. The van der Waals surface area contributed by atoms with Gasteiger partial charge in [-0.05, 0) is 84.7 Å². The van der Waals surface area contributed by atoms with Crippen LogP contribution in [0, 0.1) is 10.8 Å². The molecule has 12 N–H and O–H groups in total. The summed E-state index contributed by atoms with van der Waals surface area (Å²) in [6.45, 7) is 15.2. The molecular weight excluding hydrogens is 769 g/mol. The van der Waals surface area contributed by atoms with Crippen LogP contribution in [0.15, 0.2) is 141 Å². The molecule has 0 aromatic heterocycles. The van der Waals surface area contributed by atoms with E-state index in [0.29, 0.717) is 26.2 Å². The molecule has 12 nitrogen and oxygen atoms in total. The third kappa shape index (κ3) is 18.5. The van der Waals surface area contributed by atoms with Crippen LogP contribution in [0.4, 0.5) is 0 Å². The quantitative estimate of drug-likeness (QED) is 0.0206. The Kier molecular flexibility index (Phi) is 21.0. The average molecular weight is 843 g/mol. The summed E-state index contributed by atoms with van der Waals surface area (Å²) in [6, 6.07) is 42.0. The molecule has 4 rings (SSSR count). The van der Waals surface area contributed by atoms with Crippen LogP contribution in [-0.4, -0.2) is 76.2 Å². The number of aliphatic imine (C=N–C) groups is 4. The van der Waals surface area contributed by atoms with Gasteiger partial charge >= 0.3 is 0 Å². The Balaban J connectivity index is 1.08. The summed E-state index contributed by atoms with van der Waals surface area (Å²) < 4.78 is 0. The maximum Gasteiger partial charge on any atom is 0.195 e. The Bertz CT molecular complexity index is 1870. The third-order valence-electron chi connectivity index (χ3n) is 11.2. The van der Waals surface area contributed by atoms with Crippen molar-refractivity contribution in [1.29, 1.82) is 0 Å². The molecular formula is C50H74N12. The van der Waals surface area contributed by atoms with Crippen molar-refractivity contribution in [3.63, 3.8) is 0 Å². The predicted octanol–water partition coefficient (Wildman–Crippen LogP) is 6.66. The molecule has 4 aromatic rings. The van der Waals surface area contributed by atoms with Crippen molar-refractivity contribution >= 4 is 23.8 Å². The Morgan fingerprint density at radius 2 is 0.806 bits per heavy atom. The Morgan fingerprint density at radius 3 is 1.15 bits per heavy atom. The second kappa shape index (κ2) is 26.6. The number of nitrogens with zero attached hydrogens (tertiary/aromatic N) is 4. The highest BCUT2D eigenvalue weighted by Gasteiger charge is 2.30. The van der Waals surface area contributed by atoms with Crippen LogP contribution in [-0.2, 0) is 0 Å². The van der Waals surface area contributed by atoms with Crippen LogP contribution >= 0.6 is 0 Å². The maximum atomic E-state index is 6.17. The van der Waals surface area contributed by atoms with Crippen LogP contribution in [0.1, 0.15) is 100 Å². The van der Waals surface area contributed by atoms with Gasteiger partial charge in [-0.25, -0.2) is 0 Å². The van der Waals surface area contributed by atoms with Crippen LogP contribution in [0.2, 0.25) is 0 Å². The molecule has 62 heavy (non-hydrogen) atoms. The van der Waals surface area contributed by atoms with Crippen molar-refractivity contribution in [2.24, 2.45) is 53.7 Å². The topological polar surface area (TPSA) is 202 Å². The standard InChI is InChI=1S/C50H74N12/c1-5-50(4,38-56-31-19-33-58-46(52)62-48(54)60-35-29-44(41-24-14-8-15-25-41)42-26-16-9-17-27-42)36-49(2,3)37-55-30-18-32-57-45(51)61-47(53)59-34-28-43(39-20-10-6-11-21-39)40-22-12-7-13-23-40/h6-17,20-27,43-44,55-56H,5,18-19,28-38H2,1-4H3,(H5,51,53,57,59,61)(H5,52,54,58,60,62). The van der Waals surface area contributed by atoms with E-state index in [1.165, 1.54) is 22.3 Å². The van der Waals surface area contributed by atoms with Gasteiger partial charge in [-0.15, -0.1) is 0 Å². The summed E-state index contributed by atoms with van der Waals surface area (Å²) >= 11 is 0. The maximum absolute atomic E-state index is 6.17. The molecule has 12 heteroatoms. The van der Waals surface area contributed by atoms with E-state index in [1.807, 2.05) is 24.3 Å². The fraction of sp³-hybridized carbons (Fsp3) is 0.440. The molecule has 0 aliphatic rings. The highest BCUT2D eigenvalue weighted by Crippen LogP contribution is 2.36. The molecule has 0 spiro atoms. The predicted molar refractivity (Wildman–Crippen MR) is 263 cm³/mol. The van der Waals surface area contributed by atoms with E-state index in [0.717, 1.165) is 64.7 Å². The van der Waals surface area contributed by atoms with E-state index in [-0.39, 0.29) is 46.5 Å². The molecule has 0 radical (unpaired) electrons. The second-order valence-corrected chi connectivity index (χ2v) is 17.2.